The van der Waals surface area contributed by atoms with Crippen molar-refractivity contribution < 1.29 is 18.4 Å². The number of benzene rings is 2. The summed E-state index contributed by atoms with van der Waals surface area (Å²) in [6.45, 7) is 4.10. The van der Waals surface area contributed by atoms with E-state index in [1.807, 2.05) is 37.3 Å². The highest BCUT2D eigenvalue weighted by atomic mass is 16.5. The van der Waals surface area contributed by atoms with Crippen molar-refractivity contribution in [1.82, 2.24) is 20.3 Å². The van der Waals surface area contributed by atoms with Gasteiger partial charge in [-0.2, -0.15) is 4.98 Å². The quantitative estimate of drug-likeness (QED) is 0.486. The highest BCUT2D eigenvalue weighted by Gasteiger charge is 2.18. The second-order valence-electron chi connectivity index (χ2n) is 6.53. The maximum absolute atomic E-state index is 5.77. The molecule has 0 saturated heterocycles. The van der Waals surface area contributed by atoms with E-state index in [0.717, 1.165) is 11.1 Å². The number of aromatic nitrogens is 4. The summed E-state index contributed by atoms with van der Waals surface area (Å²) in [4.78, 5) is 4.43. The van der Waals surface area contributed by atoms with Crippen LogP contribution in [0.15, 0.2) is 45.3 Å². The van der Waals surface area contributed by atoms with Crippen LogP contribution < -0.4 is 9.47 Å². The van der Waals surface area contributed by atoms with Crippen molar-refractivity contribution in [2.45, 2.75) is 20.3 Å². The van der Waals surface area contributed by atoms with Gasteiger partial charge in [0.05, 0.1) is 19.8 Å². The molecule has 4 aromatic rings. The second-order valence-corrected chi connectivity index (χ2v) is 6.53. The molecule has 0 N–H and O–H groups in total. The molecule has 0 spiro atoms. The van der Waals surface area contributed by atoms with Gasteiger partial charge in [0.25, 0.3) is 0 Å². The molecule has 4 rings (SSSR count). The molecule has 0 aliphatic carbocycles. The van der Waals surface area contributed by atoms with Gasteiger partial charge < -0.3 is 18.4 Å². The minimum Gasteiger partial charge on any atom is -0.493 e. The number of nitrogens with zero attached hydrogens (tertiary/aromatic N) is 4. The minimum atomic E-state index is 0.233. The van der Waals surface area contributed by atoms with Gasteiger partial charge in [0.15, 0.2) is 11.5 Å². The van der Waals surface area contributed by atoms with Gasteiger partial charge in [-0.05, 0) is 49.2 Å². The van der Waals surface area contributed by atoms with Crippen LogP contribution in [0.3, 0.4) is 0 Å². The Morgan fingerprint density at radius 1 is 0.931 bits per heavy atom. The highest BCUT2D eigenvalue weighted by molar-refractivity contribution is 5.68. The van der Waals surface area contributed by atoms with Crippen LogP contribution in [0.1, 0.15) is 22.9 Å². The topological polar surface area (TPSA) is 96.3 Å². The lowest BCUT2D eigenvalue weighted by Crippen LogP contribution is -1.94. The highest BCUT2D eigenvalue weighted by Crippen LogP contribution is 2.36. The average Bonchev–Trinajstić information content (AvgIpc) is 3.39. The lowest BCUT2D eigenvalue weighted by molar-refractivity contribution is 0.355. The first kappa shape index (κ1) is 18.7. The summed E-state index contributed by atoms with van der Waals surface area (Å²) in [5, 5.41) is 12.3. The van der Waals surface area contributed by atoms with Crippen molar-refractivity contribution in [2.24, 2.45) is 0 Å². The maximum atomic E-state index is 5.77. The zero-order valence-corrected chi connectivity index (χ0v) is 16.6. The van der Waals surface area contributed by atoms with Crippen LogP contribution in [0, 0.1) is 13.8 Å². The standard InChI is InChI=1S/C21H20N4O4/c1-12-8-9-14(10-13(12)2)21-24-23-18(28-21)11-17-22-20(25-29-17)15-6-5-7-16(26-3)19(15)27-4/h5-10H,11H2,1-4H3. The molecule has 0 radical (unpaired) electrons. The number of rotatable bonds is 6. The van der Waals surface area contributed by atoms with E-state index in [2.05, 4.69) is 27.3 Å². The van der Waals surface area contributed by atoms with E-state index in [9.17, 15) is 0 Å². The van der Waals surface area contributed by atoms with E-state index in [1.54, 1.807) is 20.3 Å². The lowest BCUT2D eigenvalue weighted by atomic mass is 10.1. The molecule has 0 bridgehead atoms. The molecule has 0 fully saturated rings. The van der Waals surface area contributed by atoms with Gasteiger partial charge in [0, 0.05) is 5.56 Å². The molecule has 0 amide bonds. The third kappa shape index (κ3) is 3.69. The summed E-state index contributed by atoms with van der Waals surface area (Å²) in [6.07, 6.45) is 0.233. The maximum Gasteiger partial charge on any atom is 0.247 e. The van der Waals surface area contributed by atoms with Gasteiger partial charge in [0.1, 0.15) is 6.42 Å². The van der Waals surface area contributed by atoms with E-state index in [0.29, 0.717) is 40.6 Å². The third-order valence-electron chi connectivity index (χ3n) is 4.64. The van der Waals surface area contributed by atoms with Crippen LogP contribution >= 0.6 is 0 Å². The van der Waals surface area contributed by atoms with Crippen LogP contribution in [-0.4, -0.2) is 34.6 Å². The Hall–Kier alpha value is -3.68. The summed E-state index contributed by atoms with van der Waals surface area (Å²) in [7, 11) is 3.14. The molecule has 2 heterocycles. The molecule has 2 aromatic heterocycles. The Morgan fingerprint density at radius 2 is 1.79 bits per heavy atom. The van der Waals surface area contributed by atoms with E-state index in [1.165, 1.54) is 5.56 Å². The predicted octanol–water partition coefficient (Wildman–Crippen LogP) is 4.01. The fraction of sp³-hybridized carbons (Fsp3) is 0.238. The molecular weight excluding hydrogens is 372 g/mol. The summed E-state index contributed by atoms with van der Waals surface area (Å²) in [5.41, 5.74) is 3.92. The molecule has 0 aliphatic rings. The largest absolute Gasteiger partial charge is 0.493 e. The van der Waals surface area contributed by atoms with Crippen molar-refractivity contribution in [3.8, 4) is 34.3 Å². The molecule has 0 atom stereocenters. The zero-order chi connectivity index (χ0) is 20.4. The van der Waals surface area contributed by atoms with E-state index in [-0.39, 0.29) is 6.42 Å². The number of para-hydroxylation sites is 1. The van der Waals surface area contributed by atoms with Gasteiger partial charge in [0.2, 0.25) is 23.5 Å². The van der Waals surface area contributed by atoms with Crippen molar-refractivity contribution in [3.05, 3.63) is 59.3 Å². The van der Waals surface area contributed by atoms with Crippen molar-refractivity contribution >= 4 is 0 Å². The van der Waals surface area contributed by atoms with Gasteiger partial charge in [-0.15, -0.1) is 10.2 Å². The van der Waals surface area contributed by atoms with Crippen molar-refractivity contribution in [2.75, 3.05) is 14.2 Å². The fourth-order valence-corrected chi connectivity index (χ4v) is 2.94. The Morgan fingerprint density at radius 3 is 2.55 bits per heavy atom. The molecule has 8 nitrogen and oxygen atoms in total. The predicted molar refractivity (Wildman–Crippen MR) is 105 cm³/mol. The van der Waals surface area contributed by atoms with E-state index < -0.39 is 0 Å². The van der Waals surface area contributed by atoms with Crippen LogP contribution in [0.25, 0.3) is 22.8 Å². The van der Waals surface area contributed by atoms with Crippen molar-refractivity contribution in [3.63, 3.8) is 0 Å². The van der Waals surface area contributed by atoms with E-state index in [4.69, 9.17) is 18.4 Å². The van der Waals surface area contributed by atoms with Crippen molar-refractivity contribution in [1.29, 1.82) is 0 Å². The monoisotopic (exact) mass is 392 g/mol. The van der Waals surface area contributed by atoms with Crippen LogP contribution in [0.4, 0.5) is 0 Å². The first-order valence-corrected chi connectivity index (χ1v) is 9.03. The second kappa shape index (κ2) is 7.75. The molecule has 0 saturated carbocycles. The first-order valence-electron chi connectivity index (χ1n) is 9.03. The molecule has 2 aromatic carbocycles. The zero-order valence-electron chi connectivity index (χ0n) is 16.6. The van der Waals surface area contributed by atoms with E-state index >= 15 is 0 Å². The number of methoxy groups -OCH3 is 2. The Labute approximate surface area is 167 Å². The Balaban J connectivity index is 1.56. The van der Waals surface area contributed by atoms with Gasteiger partial charge >= 0.3 is 0 Å². The molecule has 0 aliphatic heterocycles. The number of hydrogen-bond donors (Lipinski definition) is 0. The summed E-state index contributed by atoms with van der Waals surface area (Å²) >= 11 is 0. The summed E-state index contributed by atoms with van der Waals surface area (Å²) in [6, 6.07) is 11.5. The van der Waals surface area contributed by atoms with Crippen LogP contribution in [-0.2, 0) is 6.42 Å². The summed E-state index contributed by atoms with van der Waals surface area (Å²) < 4.78 is 21.9. The van der Waals surface area contributed by atoms with Crippen LogP contribution in [0.5, 0.6) is 11.5 Å². The van der Waals surface area contributed by atoms with Crippen LogP contribution in [0.2, 0.25) is 0 Å². The minimum absolute atomic E-state index is 0.233. The molecule has 0 unspecified atom stereocenters. The Bertz CT molecular complexity index is 1150. The smallest absolute Gasteiger partial charge is 0.247 e. The Kier molecular flexibility index (Phi) is 4.99. The van der Waals surface area contributed by atoms with Gasteiger partial charge in [-0.1, -0.05) is 17.3 Å². The summed E-state index contributed by atoms with van der Waals surface area (Å²) in [5.74, 6) is 2.73. The third-order valence-corrected chi connectivity index (χ3v) is 4.64. The molecule has 148 valence electrons. The first-order chi connectivity index (χ1) is 14.1. The normalized spacial score (nSPS) is 10.9. The number of aryl methyl sites for hydroxylation is 2. The molecule has 8 heteroatoms. The lowest BCUT2D eigenvalue weighted by Gasteiger charge is -2.09. The van der Waals surface area contributed by atoms with Gasteiger partial charge in [-0.3, -0.25) is 0 Å². The number of hydrogen-bond acceptors (Lipinski definition) is 8. The number of ether oxygens (including phenoxy) is 2. The fourth-order valence-electron chi connectivity index (χ4n) is 2.94. The SMILES string of the molecule is COc1cccc(-c2noc(Cc3nnc(-c4ccc(C)c(C)c4)o3)n2)c1OC. The molecule has 29 heavy (non-hydrogen) atoms. The average molecular weight is 392 g/mol. The molecular formula is C21H20N4O4. The van der Waals surface area contributed by atoms with Gasteiger partial charge in [-0.25, -0.2) is 0 Å².